The Morgan fingerprint density at radius 2 is 2.16 bits per heavy atom. The fourth-order valence-corrected chi connectivity index (χ4v) is 4.91. The molecular formula is C21H31N5O4S. The Hall–Kier alpha value is -2.04. The first-order valence-corrected chi connectivity index (χ1v) is 12.3. The molecular weight excluding hydrogens is 418 g/mol. The summed E-state index contributed by atoms with van der Waals surface area (Å²) in [5.74, 6) is 4.20. The van der Waals surface area contributed by atoms with E-state index in [-0.39, 0.29) is 5.88 Å². The molecule has 1 saturated carbocycles. The summed E-state index contributed by atoms with van der Waals surface area (Å²) in [6.45, 7) is 5.56. The lowest BCUT2D eigenvalue weighted by Gasteiger charge is -2.31. The predicted molar refractivity (Wildman–Crippen MR) is 116 cm³/mol. The van der Waals surface area contributed by atoms with Crippen LogP contribution in [0, 0.1) is 17.8 Å². The highest BCUT2D eigenvalue weighted by Gasteiger charge is 2.43. The molecule has 2 fully saturated rings. The van der Waals surface area contributed by atoms with Crippen molar-refractivity contribution in [3.05, 3.63) is 24.2 Å². The van der Waals surface area contributed by atoms with E-state index in [1.54, 1.807) is 18.3 Å². The lowest BCUT2D eigenvalue weighted by atomic mass is 9.90. The molecule has 0 spiro atoms. The SMILES string of the molecule is CCOCc1nc(N2CCC(C3CC3CCOc3ccc(S(=O)CN)cn3)CC2)no1. The van der Waals surface area contributed by atoms with Crippen LogP contribution in [-0.2, 0) is 22.1 Å². The normalized spacial score (nSPS) is 22.5. The standard InChI is InChI=1S/C21H31N5O4S/c1-2-28-13-20-24-21(25-30-20)26-8-5-15(6-9-26)18-11-16(18)7-10-29-19-4-3-17(12-23-19)31(27)14-22/h3-4,12,15-16,18H,2,5-11,13-14,22H2,1H3. The molecule has 170 valence electrons. The van der Waals surface area contributed by atoms with Crippen LogP contribution in [0.1, 0.15) is 38.5 Å². The highest BCUT2D eigenvalue weighted by molar-refractivity contribution is 7.85. The van der Waals surface area contributed by atoms with Gasteiger partial charge < -0.3 is 24.6 Å². The molecule has 2 N–H and O–H groups in total. The van der Waals surface area contributed by atoms with E-state index in [0.29, 0.717) is 42.4 Å². The first-order valence-electron chi connectivity index (χ1n) is 11.0. The van der Waals surface area contributed by atoms with E-state index in [0.717, 1.165) is 37.3 Å². The Balaban J connectivity index is 1.15. The van der Waals surface area contributed by atoms with Gasteiger partial charge in [0.15, 0.2) is 0 Å². The van der Waals surface area contributed by atoms with Gasteiger partial charge in [-0.05, 0) is 61.6 Å². The van der Waals surface area contributed by atoms with E-state index in [1.165, 1.54) is 19.3 Å². The quantitative estimate of drug-likeness (QED) is 0.551. The summed E-state index contributed by atoms with van der Waals surface area (Å²) >= 11 is 0. The maximum atomic E-state index is 11.6. The van der Waals surface area contributed by atoms with Crippen molar-refractivity contribution in [1.82, 2.24) is 15.1 Å². The minimum absolute atomic E-state index is 0.105. The van der Waals surface area contributed by atoms with Crippen molar-refractivity contribution >= 4 is 16.7 Å². The van der Waals surface area contributed by atoms with Gasteiger partial charge in [-0.25, -0.2) is 4.98 Å². The number of aromatic nitrogens is 3. The van der Waals surface area contributed by atoms with E-state index < -0.39 is 10.8 Å². The monoisotopic (exact) mass is 449 g/mol. The molecule has 0 bridgehead atoms. The average molecular weight is 450 g/mol. The average Bonchev–Trinajstić information content (AvgIpc) is 3.43. The van der Waals surface area contributed by atoms with Crippen LogP contribution in [0.2, 0.25) is 0 Å². The van der Waals surface area contributed by atoms with Crippen molar-refractivity contribution in [2.75, 3.05) is 37.1 Å². The molecule has 31 heavy (non-hydrogen) atoms. The predicted octanol–water partition coefficient (Wildman–Crippen LogP) is 2.35. The molecule has 0 amide bonds. The lowest BCUT2D eigenvalue weighted by Crippen LogP contribution is -2.35. The maximum absolute atomic E-state index is 11.6. The molecule has 1 aliphatic carbocycles. The van der Waals surface area contributed by atoms with Crippen molar-refractivity contribution in [2.24, 2.45) is 23.5 Å². The van der Waals surface area contributed by atoms with Gasteiger partial charge in [0.2, 0.25) is 5.88 Å². The number of hydrogen-bond acceptors (Lipinski definition) is 9. The van der Waals surface area contributed by atoms with E-state index in [2.05, 4.69) is 20.0 Å². The number of rotatable bonds is 11. The molecule has 10 heteroatoms. The second-order valence-corrected chi connectivity index (χ2v) is 9.59. The van der Waals surface area contributed by atoms with Crippen LogP contribution in [0.5, 0.6) is 5.88 Å². The van der Waals surface area contributed by atoms with Gasteiger partial charge in [-0.2, -0.15) is 4.98 Å². The number of ether oxygens (including phenoxy) is 2. The van der Waals surface area contributed by atoms with E-state index in [9.17, 15) is 4.21 Å². The van der Waals surface area contributed by atoms with Crippen molar-refractivity contribution < 1.29 is 18.2 Å². The zero-order chi connectivity index (χ0) is 21.6. The van der Waals surface area contributed by atoms with Crippen molar-refractivity contribution in [1.29, 1.82) is 0 Å². The highest BCUT2D eigenvalue weighted by Crippen LogP contribution is 2.49. The largest absolute Gasteiger partial charge is 0.478 e. The number of pyridine rings is 1. The van der Waals surface area contributed by atoms with Crippen LogP contribution in [-0.4, -0.2) is 51.5 Å². The van der Waals surface area contributed by atoms with E-state index >= 15 is 0 Å². The summed E-state index contributed by atoms with van der Waals surface area (Å²) < 4.78 is 28.0. The number of anilines is 1. The Morgan fingerprint density at radius 1 is 1.32 bits per heavy atom. The Labute approximate surface area is 185 Å². The van der Waals surface area contributed by atoms with Gasteiger partial charge in [-0.1, -0.05) is 0 Å². The Morgan fingerprint density at radius 3 is 2.87 bits per heavy atom. The Bertz CT molecular complexity index is 854. The summed E-state index contributed by atoms with van der Waals surface area (Å²) in [7, 11) is -1.19. The minimum atomic E-state index is -1.19. The van der Waals surface area contributed by atoms with Crippen molar-refractivity contribution in [2.45, 2.75) is 44.1 Å². The number of nitrogens with zero attached hydrogens (tertiary/aromatic N) is 4. The summed E-state index contributed by atoms with van der Waals surface area (Å²) in [5.41, 5.74) is 5.41. The van der Waals surface area contributed by atoms with Crippen LogP contribution < -0.4 is 15.4 Å². The fraction of sp³-hybridized carbons (Fsp3) is 0.667. The molecule has 3 atom stereocenters. The molecule has 2 aliphatic rings. The van der Waals surface area contributed by atoms with Gasteiger partial charge >= 0.3 is 0 Å². The topological polar surface area (TPSA) is 117 Å². The number of hydrogen-bond donors (Lipinski definition) is 1. The van der Waals surface area contributed by atoms with Crippen LogP contribution in [0.25, 0.3) is 0 Å². The van der Waals surface area contributed by atoms with Crippen LogP contribution in [0.15, 0.2) is 27.7 Å². The van der Waals surface area contributed by atoms with Crippen LogP contribution in [0.3, 0.4) is 0 Å². The fourth-order valence-electron chi connectivity index (χ4n) is 4.33. The van der Waals surface area contributed by atoms with Gasteiger partial charge in [0.05, 0.1) is 28.2 Å². The summed E-state index contributed by atoms with van der Waals surface area (Å²) in [4.78, 5) is 11.5. The summed E-state index contributed by atoms with van der Waals surface area (Å²) in [6.07, 6.45) is 6.25. The first-order chi connectivity index (χ1) is 15.2. The zero-order valence-corrected chi connectivity index (χ0v) is 18.8. The molecule has 2 aromatic rings. The Kier molecular flexibility index (Phi) is 7.52. The van der Waals surface area contributed by atoms with E-state index in [4.69, 9.17) is 19.7 Å². The van der Waals surface area contributed by atoms with Gasteiger partial charge in [-0.3, -0.25) is 4.21 Å². The molecule has 0 aromatic carbocycles. The maximum Gasteiger partial charge on any atom is 0.266 e. The zero-order valence-electron chi connectivity index (χ0n) is 17.9. The second-order valence-electron chi connectivity index (χ2n) is 8.09. The minimum Gasteiger partial charge on any atom is -0.478 e. The van der Waals surface area contributed by atoms with Gasteiger partial charge in [0.25, 0.3) is 11.8 Å². The molecule has 1 aliphatic heterocycles. The summed E-state index contributed by atoms with van der Waals surface area (Å²) in [6, 6.07) is 3.53. The highest BCUT2D eigenvalue weighted by atomic mass is 32.2. The molecule has 4 rings (SSSR count). The number of nitrogens with two attached hydrogens (primary N) is 1. The molecule has 1 saturated heterocycles. The van der Waals surface area contributed by atoms with E-state index in [1.807, 2.05) is 6.92 Å². The van der Waals surface area contributed by atoms with Crippen molar-refractivity contribution in [3.8, 4) is 5.88 Å². The third-order valence-corrected chi connectivity index (χ3v) is 7.22. The number of piperidine rings is 1. The third-order valence-electron chi connectivity index (χ3n) is 6.15. The lowest BCUT2D eigenvalue weighted by molar-refractivity contribution is 0.109. The molecule has 2 aromatic heterocycles. The van der Waals surface area contributed by atoms with Gasteiger partial charge in [-0.15, -0.1) is 0 Å². The second kappa shape index (κ2) is 10.5. The summed E-state index contributed by atoms with van der Waals surface area (Å²) in [5, 5.41) is 4.10. The molecule has 9 nitrogen and oxygen atoms in total. The van der Waals surface area contributed by atoms with Crippen LogP contribution in [0.4, 0.5) is 5.95 Å². The molecule has 3 unspecified atom stereocenters. The molecule has 3 heterocycles. The van der Waals surface area contributed by atoms with Gasteiger partial charge in [0, 0.05) is 32.0 Å². The third kappa shape index (κ3) is 5.81. The van der Waals surface area contributed by atoms with Crippen LogP contribution >= 0.6 is 0 Å². The smallest absolute Gasteiger partial charge is 0.266 e. The first kappa shape index (κ1) is 22.2. The van der Waals surface area contributed by atoms with Crippen molar-refractivity contribution in [3.63, 3.8) is 0 Å². The molecule has 0 radical (unpaired) electrons. The van der Waals surface area contributed by atoms with Gasteiger partial charge in [0.1, 0.15) is 6.61 Å².